The molecule has 0 bridgehead atoms. The van der Waals surface area contributed by atoms with Crippen molar-refractivity contribution in [3.63, 3.8) is 0 Å². The molecule has 1 aromatic rings. The third kappa shape index (κ3) is 3.84. The predicted molar refractivity (Wildman–Crippen MR) is 89.3 cm³/mol. The summed E-state index contributed by atoms with van der Waals surface area (Å²) in [5, 5.41) is 0. The van der Waals surface area contributed by atoms with Crippen LogP contribution in [0.5, 0.6) is 0 Å². The normalized spacial score (nSPS) is 19.4. The molecule has 2 rings (SSSR count). The molecule has 3 N–H and O–H groups in total. The minimum atomic E-state index is 0.383. The van der Waals surface area contributed by atoms with Gasteiger partial charge in [0.2, 0.25) is 0 Å². The molecule has 1 aromatic carbocycles. The number of halogens is 1. The van der Waals surface area contributed by atoms with Gasteiger partial charge in [-0.15, -0.1) is 0 Å². The highest BCUT2D eigenvalue weighted by Gasteiger charge is 2.40. The second-order valence-corrected chi connectivity index (χ2v) is 7.63. The van der Waals surface area contributed by atoms with Gasteiger partial charge in [0.05, 0.1) is 0 Å². The summed E-state index contributed by atoms with van der Waals surface area (Å²) in [6, 6.07) is 9.02. The van der Waals surface area contributed by atoms with Gasteiger partial charge in [-0.25, -0.2) is 0 Å². The molecule has 0 heterocycles. The van der Waals surface area contributed by atoms with E-state index in [-0.39, 0.29) is 0 Å². The standard InChI is InChI=1S/C17H27BrN2/c1-13(2)12-17(9-3-4-10-17)16(20-19)11-14-5-7-15(18)8-6-14/h5-8,13,16,20H,3-4,9-12,19H2,1-2H3. The smallest absolute Gasteiger partial charge is 0.0307 e. The van der Waals surface area contributed by atoms with Crippen molar-refractivity contribution >= 4 is 15.9 Å². The molecular formula is C17H27BrN2. The number of nitrogens with one attached hydrogen (secondary N) is 1. The van der Waals surface area contributed by atoms with Gasteiger partial charge in [0.15, 0.2) is 0 Å². The Kier molecular flexibility index (Phi) is 5.65. The van der Waals surface area contributed by atoms with Crippen LogP contribution in [-0.2, 0) is 6.42 Å². The fourth-order valence-corrected chi connectivity index (χ4v) is 4.16. The summed E-state index contributed by atoms with van der Waals surface area (Å²) in [5.41, 5.74) is 4.89. The Bertz CT molecular complexity index is 408. The number of hydrazine groups is 1. The van der Waals surface area contributed by atoms with E-state index in [1.165, 1.54) is 37.7 Å². The number of benzene rings is 1. The van der Waals surface area contributed by atoms with Gasteiger partial charge < -0.3 is 0 Å². The Hall–Kier alpha value is -0.380. The van der Waals surface area contributed by atoms with Crippen LogP contribution < -0.4 is 11.3 Å². The molecule has 1 fully saturated rings. The topological polar surface area (TPSA) is 38.0 Å². The van der Waals surface area contributed by atoms with Crippen LogP contribution in [0.2, 0.25) is 0 Å². The van der Waals surface area contributed by atoms with E-state index < -0.39 is 0 Å². The lowest BCUT2D eigenvalue weighted by Crippen LogP contribution is -2.49. The molecule has 1 aliphatic carbocycles. The van der Waals surface area contributed by atoms with Crippen molar-refractivity contribution in [2.45, 2.75) is 58.4 Å². The first-order chi connectivity index (χ1) is 9.55. The highest BCUT2D eigenvalue weighted by Crippen LogP contribution is 2.46. The second-order valence-electron chi connectivity index (χ2n) is 6.72. The third-order valence-electron chi connectivity index (χ3n) is 4.71. The lowest BCUT2D eigenvalue weighted by Gasteiger charge is -2.39. The van der Waals surface area contributed by atoms with Crippen LogP contribution >= 0.6 is 15.9 Å². The van der Waals surface area contributed by atoms with E-state index in [1.54, 1.807) is 0 Å². The molecule has 0 radical (unpaired) electrons. The highest BCUT2D eigenvalue weighted by atomic mass is 79.9. The summed E-state index contributed by atoms with van der Waals surface area (Å²) in [6.07, 6.45) is 7.64. The molecule has 1 atom stereocenters. The minimum Gasteiger partial charge on any atom is -0.271 e. The van der Waals surface area contributed by atoms with E-state index in [1.807, 2.05) is 0 Å². The molecule has 1 aliphatic rings. The molecule has 112 valence electrons. The van der Waals surface area contributed by atoms with Gasteiger partial charge in [0.25, 0.3) is 0 Å². The van der Waals surface area contributed by atoms with Crippen LogP contribution in [0.25, 0.3) is 0 Å². The maximum absolute atomic E-state index is 5.93. The van der Waals surface area contributed by atoms with E-state index in [0.29, 0.717) is 11.5 Å². The zero-order valence-electron chi connectivity index (χ0n) is 12.7. The molecule has 0 aromatic heterocycles. The summed E-state index contributed by atoms with van der Waals surface area (Å²) in [5.74, 6) is 6.66. The van der Waals surface area contributed by atoms with Crippen molar-refractivity contribution < 1.29 is 0 Å². The number of rotatable bonds is 6. The van der Waals surface area contributed by atoms with E-state index in [0.717, 1.165) is 16.8 Å². The molecule has 0 amide bonds. The van der Waals surface area contributed by atoms with Gasteiger partial charge in [-0.05, 0) is 54.7 Å². The minimum absolute atomic E-state index is 0.383. The number of nitrogens with two attached hydrogens (primary N) is 1. The van der Waals surface area contributed by atoms with Crippen LogP contribution in [0.15, 0.2) is 28.7 Å². The van der Waals surface area contributed by atoms with Gasteiger partial charge in [-0.2, -0.15) is 0 Å². The largest absolute Gasteiger partial charge is 0.271 e. The van der Waals surface area contributed by atoms with E-state index in [9.17, 15) is 0 Å². The molecule has 20 heavy (non-hydrogen) atoms. The third-order valence-corrected chi connectivity index (χ3v) is 5.24. The molecule has 1 saturated carbocycles. The van der Waals surface area contributed by atoms with Gasteiger partial charge in [0.1, 0.15) is 0 Å². The summed E-state index contributed by atoms with van der Waals surface area (Å²) in [7, 11) is 0. The van der Waals surface area contributed by atoms with Crippen molar-refractivity contribution in [2.75, 3.05) is 0 Å². The Labute approximate surface area is 131 Å². The average molecular weight is 339 g/mol. The Morgan fingerprint density at radius 2 is 1.80 bits per heavy atom. The first-order valence-corrected chi connectivity index (χ1v) is 8.55. The van der Waals surface area contributed by atoms with Crippen molar-refractivity contribution in [3.8, 4) is 0 Å². The van der Waals surface area contributed by atoms with Gasteiger partial charge in [-0.1, -0.05) is 54.8 Å². The maximum atomic E-state index is 5.93. The lowest BCUT2D eigenvalue weighted by molar-refractivity contribution is 0.154. The Morgan fingerprint density at radius 1 is 1.20 bits per heavy atom. The van der Waals surface area contributed by atoms with Crippen LogP contribution in [0.1, 0.15) is 51.5 Å². The molecule has 3 heteroatoms. The fourth-order valence-electron chi connectivity index (χ4n) is 3.90. The Morgan fingerprint density at radius 3 is 2.30 bits per heavy atom. The zero-order chi connectivity index (χ0) is 14.6. The zero-order valence-corrected chi connectivity index (χ0v) is 14.2. The maximum Gasteiger partial charge on any atom is 0.0307 e. The SMILES string of the molecule is CC(C)CC1(C(Cc2ccc(Br)cc2)NN)CCCC1. The Balaban J connectivity index is 2.14. The molecule has 2 nitrogen and oxygen atoms in total. The molecule has 0 saturated heterocycles. The van der Waals surface area contributed by atoms with Crippen molar-refractivity contribution in [3.05, 3.63) is 34.3 Å². The number of hydrogen-bond acceptors (Lipinski definition) is 2. The van der Waals surface area contributed by atoms with Crippen LogP contribution in [0, 0.1) is 11.3 Å². The summed E-state index contributed by atoms with van der Waals surface area (Å²) < 4.78 is 1.14. The summed E-state index contributed by atoms with van der Waals surface area (Å²) >= 11 is 3.50. The lowest BCUT2D eigenvalue weighted by atomic mass is 9.71. The first kappa shape index (κ1) is 16.0. The van der Waals surface area contributed by atoms with Crippen LogP contribution in [0.4, 0.5) is 0 Å². The first-order valence-electron chi connectivity index (χ1n) is 7.76. The van der Waals surface area contributed by atoms with Crippen molar-refractivity contribution in [1.82, 2.24) is 5.43 Å². The predicted octanol–water partition coefficient (Wildman–Crippen LogP) is 4.43. The van der Waals surface area contributed by atoms with E-state index in [4.69, 9.17) is 5.84 Å². The molecule has 0 spiro atoms. The quantitative estimate of drug-likeness (QED) is 0.594. The van der Waals surface area contributed by atoms with E-state index in [2.05, 4.69) is 59.5 Å². The second kappa shape index (κ2) is 7.06. The average Bonchev–Trinajstić information content (AvgIpc) is 2.86. The molecule has 1 unspecified atom stereocenters. The summed E-state index contributed by atoms with van der Waals surface area (Å²) in [4.78, 5) is 0. The van der Waals surface area contributed by atoms with Crippen LogP contribution in [-0.4, -0.2) is 6.04 Å². The summed E-state index contributed by atoms with van der Waals surface area (Å²) in [6.45, 7) is 4.65. The van der Waals surface area contributed by atoms with Crippen molar-refractivity contribution in [1.29, 1.82) is 0 Å². The van der Waals surface area contributed by atoms with E-state index >= 15 is 0 Å². The van der Waals surface area contributed by atoms with Gasteiger partial charge in [0, 0.05) is 10.5 Å². The van der Waals surface area contributed by atoms with Crippen molar-refractivity contribution in [2.24, 2.45) is 17.2 Å². The highest BCUT2D eigenvalue weighted by molar-refractivity contribution is 9.10. The monoisotopic (exact) mass is 338 g/mol. The van der Waals surface area contributed by atoms with Crippen LogP contribution in [0.3, 0.4) is 0 Å². The molecule has 0 aliphatic heterocycles. The molecular weight excluding hydrogens is 312 g/mol. The fraction of sp³-hybridized carbons (Fsp3) is 0.647. The van der Waals surface area contributed by atoms with Gasteiger partial charge in [-0.3, -0.25) is 11.3 Å². The number of hydrogen-bond donors (Lipinski definition) is 2. The van der Waals surface area contributed by atoms with Gasteiger partial charge >= 0.3 is 0 Å².